The molecule has 374 valence electrons. The molecular weight excluding hydrogens is 889 g/mol. The van der Waals surface area contributed by atoms with Gasteiger partial charge in [-0.3, -0.25) is 27.7 Å². The fraction of sp³-hybridized carbons (Fsp3) is 0.951. The molecule has 0 spiro atoms. The van der Waals surface area contributed by atoms with Crippen molar-refractivity contribution in [3.63, 3.8) is 0 Å². The summed E-state index contributed by atoms with van der Waals surface area (Å²) in [5.41, 5.74) is 0. The number of esters is 2. The molecule has 19 nitrogen and oxygen atoms in total. The van der Waals surface area contributed by atoms with Crippen molar-refractivity contribution in [3.8, 4) is 0 Å². The van der Waals surface area contributed by atoms with Crippen molar-refractivity contribution in [1.82, 2.24) is 0 Å². The number of hydrogen-bond donors (Lipinski definition) is 8. The Balaban J connectivity index is 2.74. The maximum atomic E-state index is 13.1. The fourth-order valence-corrected chi connectivity index (χ4v) is 9.50. The van der Waals surface area contributed by atoms with Crippen molar-refractivity contribution in [1.29, 1.82) is 0 Å². The van der Waals surface area contributed by atoms with E-state index in [1.54, 1.807) is 0 Å². The number of aliphatic hydroxyl groups excluding tert-OH is 3. The Morgan fingerprint density at radius 3 is 1.16 bits per heavy atom. The first-order chi connectivity index (χ1) is 29.8. The van der Waals surface area contributed by atoms with Gasteiger partial charge in [0.05, 0.1) is 6.61 Å². The number of hydrogen-bond acceptors (Lipinski definition) is 14. The molecule has 0 aromatic carbocycles. The number of rotatable bonds is 40. The number of aliphatic hydroxyl groups is 3. The molecule has 1 saturated carbocycles. The molecule has 0 aliphatic heterocycles. The van der Waals surface area contributed by atoms with Crippen molar-refractivity contribution in [2.45, 2.75) is 236 Å². The molecule has 8 N–H and O–H groups in total. The van der Waals surface area contributed by atoms with E-state index in [9.17, 15) is 63.1 Å². The van der Waals surface area contributed by atoms with Crippen LogP contribution in [0.4, 0.5) is 0 Å². The molecule has 22 heteroatoms. The van der Waals surface area contributed by atoms with Crippen molar-refractivity contribution in [3.05, 3.63) is 0 Å². The number of phosphoric ester groups is 3. The van der Waals surface area contributed by atoms with Crippen LogP contribution in [0.3, 0.4) is 0 Å². The highest BCUT2D eigenvalue weighted by Crippen LogP contribution is 2.51. The molecule has 0 bridgehead atoms. The summed E-state index contributed by atoms with van der Waals surface area (Å²) in [4.78, 5) is 73.1. The lowest BCUT2D eigenvalue weighted by atomic mass is 9.85. The van der Waals surface area contributed by atoms with Crippen molar-refractivity contribution >= 4 is 35.4 Å². The lowest BCUT2D eigenvalue weighted by Crippen LogP contribution is -2.65. The van der Waals surface area contributed by atoms with E-state index in [1.807, 2.05) is 0 Å². The molecule has 0 aromatic rings. The van der Waals surface area contributed by atoms with E-state index < -0.39 is 91.3 Å². The smallest absolute Gasteiger partial charge is 0.462 e. The third kappa shape index (κ3) is 30.9. The van der Waals surface area contributed by atoms with Gasteiger partial charge in [0, 0.05) is 12.8 Å². The maximum absolute atomic E-state index is 13.1. The minimum Gasteiger partial charge on any atom is -0.462 e. The molecule has 1 aliphatic rings. The second-order valence-electron chi connectivity index (χ2n) is 16.7. The zero-order valence-electron chi connectivity index (χ0n) is 37.7. The Kier molecular flexibility index (Phi) is 32.9. The number of carbonyl (C=O) groups is 2. The van der Waals surface area contributed by atoms with E-state index in [1.165, 1.54) is 103 Å². The van der Waals surface area contributed by atoms with E-state index in [0.717, 1.165) is 51.4 Å². The van der Waals surface area contributed by atoms with Gasteiger partial charge < -0.3 is 49.3 Å². The van der Waals surface area contributed by atoms with Gasteiger partial charge in [-0.05, 0) is 12.8 Å². The molecule has 1 rings (SSSR count). The third-order valence-corrected chi connectivity index (χ3v) is 12.9. The topological polar surface area (TPSA) is 303 Å². The van der Waals surface area contributed by atoms with Crippen LogP contribution >= 0.6 is 23.5 Å². The van der Waals surface area contributed by atoms with E-state index in [0.29, 0.717) is 12.8 Å². The SMILES string of the molecule is CCCCCCCCCCCCCCCC(=O)OCC(COP(=O)(O)O[C@@H]1[C@@H](O)[C@H](OP(=O)(O)O)[C@@H](OP(=O)(O)O)[C@H](O)[C@@H]1O)OC(=O)CCCCCCCCCCCCCCC. The zero-order chi connectivity index (χ0) is 47.2. The van der Waals surface area contributed by atoms with Crippen LogP contribution in [0, 0.1) is 0 Å². The second-order valence-corrected chi connectivity index (χ2v) is 20.5. The van der Waals surface area contributed by atoms with Crippen molar-refractivity contribution in [2.24, 2.45) is 0 Å². The zero-order valence-corrected chi connectivity index (χ0v) is 40.3. The third-order valence-electron chi connectivity index (χ3n) is 10.9. The van der Waals surface area contributed by atoms with Crippen LogP contribution in [0.2, 0.25) is 0 Å². The molecule has 1 fully saturated rings. The van der Waals surface area contributed by atoms with Gasteiger partial charge in [0.15, 0.2) is 6.10 Å². The van der Waals surface area contributed by atoms with Gasteiger partial charge in [-0.2, -0.15) is 0 Å². The van der Waals surface area contributed by atoms with E-state index in [4.69, 9.17) is 18.5 Å². The molecule has 1 aliphatic carbocycles. The summed E-state index contributed by atoms with van der Waals surface area (Å²) in [7, 11) is -16.6. The summed E-state index contributed by atoms with van der Waals surface area (Å²) < 4.78 is 65.4. The van der Waals surface area contributed by atoms with E-state index >= 15 is 0 Å². The number of ether oxygens (including phenoxy) is 2. The number of phosphoric acid groups is 3. The first-order valence-electron chi connectivity index (χ1n) is 23.3. The predicted octanol–water partition coefficient (Wildman–Crippen LogP) is 7.96. The molecule has 0 amide bonds. The van der Waals surface area contributed by atoms with E-state index in [2.05, 4.69) is 22.9 Å². The van der Waals surface area contributed by atoms with Gasteiger partial charge >= 0.3 is 35.4 Å². The second kappa shape index (κ2) is 34.4. The molecule has 0 aromatic heterocycles. The average molecular weight is 971 g/mol. The standard InChI is InChI=1S/C41H81O19P3/c1-3-5-7-9-11-13-15-17-19-21-23-25-27-29-34(42)55-31-33(57-35(43)30-28-26-24-22-20-18-16-14-12-10-8-6-4-2)32-56-63(53,54)60-39-36(44)37(45)40(58-61(47,48)49)41(38(39)46)59-62(50,51)52/h33,36-41,44-46H,3-32H2,1-2H3,(H,53,54)(H2,47,48,49)(H2,50,51,52)/t33?,36-,37+,38+,39-,40-,41-/m0/s1. The number of carbonyl (C=O) groups excluding carboxylic acids is 2. The van der Waals surface area contributed by atoms with E-state index in [-0.39, 0.29) is 12.8 Å². The molecule has 2 unspecified atom stereocenters. The van der Waals surface area contributed by atoms with Gasteiger partial charge in [-0.25, -0.2) is 13.7 Å². The van der Waals surface area contributed by atoms with Gasteiger partial charge in [0.1, 0.15) is 43.2 Å². The van der Waals surface area contributed by atoms with Crippen LogP contribution in [-0.4, -0.2) is 108 Å². The van der Waals surface area contributed by atoms with Crippen molar-refractivity contribution < 1.29 is 90.6 Å². The largest absolute Gasteiger partial charge is 0.472 e. The Labute approximate surface area is 374 Å². The Morgan fingerprint density at radius 1 is 0.444 bits per heavy atom. The minimum absolute atomic E-state index is 0.00556. The van der Waals surface area contributed by atoms with Gasteiger partial charge in [-0.15, -0.1) is 0 Å². The molecule has 8 atom stereocenters. The molecule has 0 radical (unpaired) electrons. The average Bonchev–Trinajstić information content (AvgIpc) is 3.20. The first kappa shape index (κ1) is 60.2. The summed E-state index contributed by atoms with van der Waals surface area (Å²) >= 11 is 0. The fourth-order valence-electron chi connectivity index (χ4n) is 7.41. The normalized spacial score (nSPS) is 22.1. The summed E-state index contributed by atoms with van der Waals surface area (Å²) in [6, 6.07) is 0. The highest BCUT2D eigenvalue weighted by Gasteiger charge is 2.56. The molecule has 0 heterocycles. The summed E-state index contributed by atoms with van der Waals surface area (Å²) in [6.07, 6.45) is 12.7. The summed E-state index contributed by atoms with van der Waals surface area (Å²) in [6.45, 7) is 2.94. The van der Waals surface area contributed by atoms with Gasteiger partial charge in [0.25, 0.3) is 0 Å². The van der Waals surface area contributed by atoms with Crippen LogP contribution in [0.25, 0.3) is 0 Å². The maximum Gasteiger partial charge on any atom is 0.472 e. The Morgan fingerprint density at radius 2 is 0.778 bits per heavy atom. The molecule has 0 saturated heterocycles. The monoisotopic (exact) mass is 970 g/mol. The highest BCUT2D eigenvalue weighted by atomic mass is 31.2. The quantitative estimate of drug-likeness (QED) is 0.0164. The lowest BCUT2D eigenvalue weighted by molar-refractivity contribution is -0.213. The van der Waals surface area contributed by atoms with Crippen LogP contribution in [0.1, 0.15) is 194 Å². The summed E-state index contributed by atoms with van der Waals surface area (Å²) in [5, 5.41) is 31.8. The van der Waals surface area contributed by atoms with Gasteiger partial charge in [-0.1, -0.05) is 168 Å². The molecular formula is C41H81O19P3. The van der Waals surface area contributed by atoms with Crippen molar-refractivity contribution in [2.75, 3.05) is 13.2 Å². The Hall–Kier alpha value is -0.850. The lowest BCUT2D eigenvalue weighted by Gasteiger charge is -2.44. The van der Waals surface area contributed by atoms with Crippen LogP contribution < -0.4 is 0 Å². The number of unbranched alkanes of at least 4 members (excludes halogenated alkanes) is 24. The van der Waals surface area contributed by atoms with Gasteiger partial charge in [0.2, 0.25) is 0 Å². The highest BCUT2D eigenvalue weighted by molar-refractivity contribution is 7.47. The van der Waals surface area contributed by atoms with Crippen LogP contribution in [0.15, 0.2) is 0 Å². The minimum atomic E-state index is -5.59. The van der Waals surface area contributed by atoms with Crippen LogP contribution in [0.5, 0.6) is 0 Å². The van der Waals surface area contributed by atoms with Crippen LogP contribution in [-0.2, 0) is 50.9 Å². The summed E-state index contributed by atoms with van der Waals surface area (Å²) in [5.74, 6) is -1.28. The Bertz CT molecular complexity index is 1350. The molecule has 63 heavy (non-hydrogen) atoms. The first-order valence-corrected chi connectivity index (χ1v) is 27.9. The predicted molar refractivity (Wildman–Crippen MR) is 234 cm³/mol.